The van der Waals surface area contributed by atoms with Crippen LogP contribution in [0.2, 0.25) is 0 Å². The molecule has 0 aliphatic rings. The molecule has 3 rings (SSSR count). The van der Waals surface area contributed by atoms with Crippen molar-refractivity contribution in [3.05, 3.63) is 40.6 Å². The summed E-state index contributed by atoms with van der Waals surface area (Å²) in [5.74, 6) is 0.872. The van der Waals surface area contributed by atoms with E-state index in [2.05, 4.69) is 41.7 Å². The smallest absolute Gasteiger partial charge is 0.183 e. The third-order valence-electron chi connectivity index (χ3n) is 3.47. The molecular formula is C16H18N2OS2. The number of fused-ring (bicyclic) bond motifs is 1. The van der Waals surface area contributed by atoms with Crippen molar-refractivity contribution < 1.29 is 4.74 Å². The minimum absolute atomic E-state index is 0.101. The van der Waals surface area contributed by atoms with E-state index in [1.807, 2.05) is 18.2 Å². The number of aromatic nitrogens is 1. The number of rotatable bonds is 5. The Balaban J connectivity index is 1.76. The zero-order valence-corrected chi connectivity index (χ0v) is 14.0. The van der Waals surface area contributed by atoms with Crippen molar-refractivity contribution in [3.63, 3.8) is 0 Å². The second-order valence-electron chi connectivity index (χ2n) is 5.57. The SMILES string of the molecule is COc1ccc2nc(NCC(C)(C)c3cccs3)sc2c1. The molecule has 0 saturated heterocycles. The highest BCUT2D eigenvalue weighted by atomic mass is 32.1. The number of methoxy groups -OCH3 is 1. The number of anilines is 1. The van der Waals surface area contributed by atoms with Gasteiger partial charge in [-0.3, -0.25) is 0 Å². The summed E-state index contributed by atoms with van der Waals surface area (Å²) in [6, 6.07) is 10.3. The number of benzene rings is 1. The van der Waals surface area contributed by atoms with E-state index < -0.39 is 0 Å². The monoisotopic (exact) mass is 318 g/mol. The maximum absolute atomic E-state index is 5.25. The molecule has 21 heavy (non-hydrogen) atoms. The van der Waals surface area contributed by atoms with Crippen LogP contribution in [-0.4, -0.2) is 18.6 Å². The van der Waals surface area contributed by atoms with Crippen LogP contribution in [0.3, 0.4) is 0 Å². The molecule has 0 amide bonds. The molecule has 3 aromatic rings. The second kappa shape index (κ2) is 5.66. The molecule has 0 aliphatic heterocycles. The van der Waals surface area contributed by atoms with Crippen LogP contribution in [0.25, 0.3) is 10.2 Å². The first-order valence-electron chi connectivity index (χ1n) is 6.81. The molecule has 0 spiro atoms. The second-order valence-corrected chi connectivity index (χ2v) is 7.55. The standard InChI is InChI=1S/C16H18N2OS2/c1-16(2,14-5-4-8-20-14)10-17-15-18-12-7-6-11(19-3)9-13(12)21-15/h4-9H,10H2,1-3H3,(H,17,18). The van der Waals surface area contributed by atoms with E-state index in [0.29, 0.717) is 0 Å². The van der Waals surface area contributed by atoms with E-state index in [0.717, 1.165) is 27.6 Å². The summed E-state index contributed by atoms with van der Waals surface area (Å²) in [4.78, 5) is 6.01. The van der Waals surface area contributed by atoms with Crippen LogP contribution in [-0.2, 0) is 5.41 Å². The van der Waals surface area contributed by atoms with Gasteiger partial charge in [0.15, 0.2) is 5.13 Å². The van der Waals surface area contributed by atoms with E-state index in [4.69, 9.17) is 4.74 Å². The Morgan fingerprint density at radius 2 is 2.14 bits per heavy atom. The Bertz CT molecular complexity index is 732. The van der Waals surface area contributed by atoms with Crippen molar-refractivity contribution in [1.29, 1.82) is 0 Å². The van der Waals surface area contributed by atoms with Gasteiger partial charge >= 0.3 is 0 Å². The van der Waals surface area contributed by atoms with Crippen molar-refractivity contribution in [2.45, 2.75) is 19.3 Å². The number of nitrogens with one attached hydrogen (secondary N) is 1. The van der Waals surface area contributed by atoms with E-state index in [9.17, 15) is 0 Å². The minimum atomic E-state index is 0.101. The van der Waals surface area contributed by atoms with Crippen LogP contribution in [0.5, 0.6) is 5.75 Å². The number of hydrogen-bond acceptors (Lipinski definition) is 5. The number of thiazole rings is 1. The summed E-state index contributed by atoms with van der Waals surface area (Å²) < 4.78 is 6.40. The molecule has 110 valence electrons. The third kappa shape index (κ3) is 3.04. The first-order chi connectivity index (χ1) is 10.1. The average Bonchev–Trinajstić information content (AvgIpc) is 3.13. The van der Waals surface area contributed by atoms with Crippen molar-refractivity contribution in [3.8, 4) is 5.75 Å². The highest BCUT2D eigenvalue weighted by molar-refractivity contribution is 7.22. The highest BCUT2D eigenvalue weighted by Gasteiger charge is 2.21. The van der Waals surface area contributed by atoms with Crippen LogP contribution in [0.15, 0.2) is 35.7 Å². The normalized spacial score (nSPS) is 11.8. The molecular weight excluding hydrogens is 300 g/mol. The minimum Gasteiger partial charge on any atom is -0.497 e. The lowest BCUT2D eigenvalue weighted by Crippen LogP contribution is -2.26. The first kappa shape index (κ1) is 14.4. The van der Waals surface area contributed by atoms with Crippen LogP contribution in [0, 0.1) is 0 Å². The molecule has 0 unspecified atom stereocenters. The quantitative estimate of drug-likeness (QED) is 0.736. The summed E-state index contributed by atoms with van der Waals surface area (Å²) in [7, 11) is 1.69. The Hall–Kier alpha value is -1.59. The van der Waals surface area contributed by atoms with E-state index in [-0.39, 0.29) is 5.41 Å². The van der Waals surface area contributed by atoms with Gasteiger partial charge in [-0.1, -0.05) is 31.3 Å². The van der Waals surface area contributed by atoms with Gasteiger partial charge in [-0.15, -0.1) is 11.3 Å². The molecule has 0 saturated carbocycles. The lowest BCUT2D eigenvalue weighted by Gasteiger charge is -2.23. The fourth-order valence-corrected chi connectivity index (χ4v) is 3.90. The topological polar surface area (TPSA) is 34.1 Å². The Morgan fingerprint density at radius 3 is 2.86 bits per heavy atom. The van der Waals surface area contributed by atoms with Crippen LogP contribution < -0.4 is 10.1 Å². The summed E-state index contributed by atoms with van der Waals surface area (Å²) >= 11 is 3.47. The molecule has 0 radical (unpaired) electrons. The van der Waals surface area contributed by atoms with E-state index in [1.54, 1.807) is 29.8 Å². The van der Waals surface area contributed by atoms with Gasteiger partial charge in [0.25, 0.3) is 0 Å². The van der Waals surface area contributed by atoms with Gasteiger partial charge in [-0.05, 0) is 29.6 Å². The lowest BCUT2D eigenvalue weighted by atomic mass is 9.91. The maximum atomic E-state index is 5.25. The Labute approximate surface area is 132 Å². The summed E-state index contributed by atoms with van der Waals surface area (Å²) in [5.41, 5.74) is 1.11. The van der Waals surface area contributed by atoms with Gasteiger partial charge < -0.3 is 10.1 Å². The van der Waals surface area contributed by atoms with Crippen molar-refractivity contribution >= 4 is 38.0 Å². The van der Waals surface area contributed by atoms with Crippen LogP contribution in [0.1, 0.15) is 18.7 Å². The average molecular weight is 318 g/mol. The third-order valence-corrected chi connectivity index (χ3v) is 5.68. The molecule has 1 aromatic carbocycles. The van der Waals surface area contributed by atoms with Gasteiger partial charge in [-0.25, -0.2) is 4.98 Å². The van der Waals surface area contributed by atoms with Crippen molar-refractivity contribution in [2.75, 3.05) is 19.0 Å². The van der Waals surface area contributed by atoms with Gasteiger partial charge in [-0.2, -0.15) is 0 Å². The van der Waals surface area contributed by atoms with Gasteiger partial charge in [0.2, 0.25) is 0 Å². The van der Waals surface area contributed by atoms with E-state index in [1.165, 1.54) is 4.88 Å². The molecule has 1 N–H and O–H groups in total. The van der Waals surface area contributed by atoms with E-state index >= 15 is 0 Å². The van der Waals surface area contributed by atoms with Gasteiger partial charge in [0.1, 0.15) is 5.75 Å². The summed E-state index contributed by atoms with van der Waals surface area (Å²) in [6.45, 7) is 5.37. The maximum Gasteiger partial charge on any atom is 0.183 e. The van der Waals surface area contributed by atoms with Crippen LogP contribution >= 0.6 is 22.7 Å². The van der Waals surface area contributed by atoms with Gasteiger partial charge in [0, 0.05) is 16.8 Å². The van der Waals surface area contributed by atoms with Gasteiger partial charge in [0.05, 0.1) is 17.3 Å². The first-order valence-corrected chi connectivity index (χ1v) is 8.50. The predicted molar refractivity (Wildman–Crippen MR) is 92.0 cm³/mol. The fraction of sp³-hybridized carbons (Fsp3) is 0.312. The number of thiophene rings is 1. The summed E-state index contributed by atoms with van der Waals surface area (Å²) in [6.07, 6.45) is 0. The number of hydrogen-bond donors (Lipinski definition) is 1. The highest BCUT2D eigenvalue weighted by Crippen LogP contribution is 2.31. The largest absolute Gasteiger partial charge is 0.497 e. The molecule has 0 aliphatic carbocycles. The molecule has 3 nitrogen and oxygen atoms in total. The molecule has 0 atom stereocenters. The Kier molecular flexibility index (Phi) is 3.87. The van der Waals surface area contributed by atoms with Crippen molar-refractivity contribution in [1.82, 2.24) is 4.98 Å². The molecule has 0 bridgehead atoms. The fourth-order valence-electron chi connectivity index (χ4n) is 2.15. The van der Waals surface area contributed by atoms with Crippen LogP contribution in [0.4, 0.5) is 5.13 Å². The molecule has 2 heterocycles. The number of ether oxygens (including phenoxy) is 1. The molecule has 2 aromatic heterocycles. The summed E-state index contributed by atoms with van der Waals surface area (Å²) in [5, 5.41) is 6.56. The Morgan fingerprint density at radius 1 is 1.29 bits per heavy atom. The van der Waals surface area contributed by atoms with Crippen molar-refractivity contribution in [2.24, 2.45) is 0 Å². The molecule has 0 fully saturated rings. The number of nitrogens with zero attached hydrogens (tertiary/aromatic N) is 1. The zero-order valence-electron chi connectivity index (χ0n) is 12.3. The predicted octanol–water partition coefficient (Wildman–Crippen LogP) is 4.76. The lowest BCUT2D eigenvalue weighted by molar-refractivity contribution is 0.415. The molecule has 5 heteroatoms. The zero-order chi connectivity index (χ0) is 14.9.